The second kappa shape index (κ2) is 4.36. The van der Waals surface area contributed by atoms with Gasteiger partial charge in [0.05, 0.1) is 0 Å². The molecule has 0 saturated carbocycles. The number of hydrogen-bond donors (Lipinski definition) is 3. The Kier molecular flexibility index (Phi) is 3.79. The van der Waals surface area contributed by atoms with Crippen LogP contribution in [0, 0.1) is 0 Å². The van der Waals surface area contributed by atoms with Gasteiger partial charge in [-0.05, 0) is 0 Å². The van der Waals surface area contributed by atoms with E-state index in [1.54, 1.807) is 0 Å². The molecule has 4 nitrogen and oxygen atoms in total. The molecule has 0 aromatic heterocycles. The Morgan fingerprint density at radius 3 is 1.10 bits per heavy atom. The average Bonchev–Trinajstić information content (AvgIpc) is 2.09. The molecule has 0 radical (unpaired) electrons. The van der Waals surface area contributed by atoms with Gasteiger partial charge in [-0.1, -0.05) is 0 Å². The third kappa shape index (κ3) is 2.91. The summed E-state index contributed by atoms with van der Waals surface area (Å²) in [5, 5.41) is 27.0. The molecular weight excluding hydrogens is 331 g/mol. The number of ether oxygens (including phenoxy) is 1. The van der Waals surface area contributed by atoms with Crippen LogP contribution in [0.1, 0.15) is 12.8 Å². The molecule has 1 fully saturated rings. The van der Waals surface area contributed by atoms with E-state index in [1.165, 1.54) is 0 Å². The SMILES string of the molecule is OC1(C(F)(F)F)C[C@](O)(C(F)(F)F)O[C@](O)(C(F)(F)F)C1. The van der Waals surface area contributed by atoms with Crippen molar-refractivity contribution in [2.75, 3.05) is 0 Å². The van der Waals surface area contributed by atoms with Crippen molar-refractivity contribution in [1.82, 2.24) is 0 Å². The van der Waals surface area contributed by atoms with Crippen LogP contribution >= 0.6 is 0 Å². The summed E-state index contributed by atoms with van der Waals surface area (Å²) in [4.78, 5) is 0. The zero-order chi connectivity index (χ0) is 17.1. The summed E-state index contributed by atoms with van der Waals surface area (Å²) in [6.07, 6.45) is -23.6. The highest BCUT2D eigenvalue weighted by Crippen LogP contribution is 2.55. The lowest BCUT2D eigenvalue weighted by Gasteiger charge is -2.49. The largest absolute Gasteiger partial charge is 0.443 e. The molecule has 0 amide bonds. The molecule has 1 saturated heterocycles. The van der Waals surface area contributed by atoms with Gasteiger partial charge in [-0.2, -0.15) is 39.5 Å². The molecule has 1 aliphatic heterocycles. The molecule has 21 heavy (non-hydrogen) atoms. The van der Waals surface area contributed by atoms with Crippen LogP contribution in [0.25, 0.3) is 0 Å². The topological polar surface area (TPSA) is 69.9 Å². The Morgan fingerprint density at radius 1 is 0.619 bits per heavy atom. The number of aliphatic hydroxyl groups is 3. The fourth-order valence-corrected chi connectivity index (χ4v) is 1.72. The van der Waals surface area contributed by atoms with Crippen molar-refractivity contribution in [2.24, 2.45) is 0 Å². The quantitative estimate of drug-likeness (QED) is 0.587. The van der Waals surface area contributed by atoms with Crippen molar-refractivity contribution in [1.29, 1.82) is 0 Å². The number of rotatable bonds is 0. The first-order chi connectivity index (χ1) is 8.87. The summed E-state index contributed by atoms with van der Waals surface area (Å²) >= 11 is 0. The van der Waals surface area contributed by atoms with E-state index in [-0.39, 0.29) is 0 Å². The van der Waals surface area contributed by atoms with Gasteiger partial charge in [0.15, 0.2) is 5.60 Å². The first kappa shape index (κ1) is 18.3. The maximum absolute atomic E-state index is 12.5. The molecule has 126 valence electrons. The Morgan fingerprint density at radius 2 is 0.905 bits per heavy atom. The van der Waals surface area contributed by atoms with Crippen LogP contribution in [-0.2, 0) is 4.74 Å². The molecule has 13 heteroatoms. The van der Waals surface area contributed by atoms with E-state index >= 15 is 0 Å². The van der Waals surface area contributed by atoms with Crippen LogP contribution in [-0.4, -0.2) is 51.0 Å². The Balaban J connectivity index is 3.44. The van der Waals surface area contributed by atoms with Crippen LogP contribution in [0.15, 0.2) is 0 Å². The van der Waals surface area contributed by atoms with Crippen LogP contribution in [0.2, 0.25) is 0 Å². The summed E-state index contributed by atoms with van der Waals surface area (Å²) in [5.74, 6) is -10.1. The molecule has 3 atom stereocenters. The predicted molar refractivity (Wildman–Crippen MR) is 43.3 cm³/mol. The van der Waals surface area contributed by atoms with Crippen molar-refractivity contribution in [2.45, 2.75) is 48.5 Å². The number of alkyl halides is 9. The molecule has 1 rings (SSSR count). The van der Waals surface area contributed by atoms with Gasteiger partial charge in [0.25, 0.3) is 11.6 Å². The number of halogens is 9. The van der Waals surface area contributed by atoms with E-state index in [1.807, 2.05) is 0 Å². The molecule has 0 aromatic rings. The molecule has 0 spiro atoms. The summed E-state index contributed by atoms with van der Waals surface area (Å²) < 4.78 is 115. The van der Waals surface area contributed by atoms with Gasteiger partial charge < -0.3 is 20.1 Å². The van der Waals surface area contributed by atoms with E-state index in [0.717, 1.165) is 0 Å². The Labute approximate surface area is 109 Å². The molecule has 0 bridgehead atoms. The summed E-state index contributed by atoms with van der Waals surface area (Å²) in [6.45, 7) is 0. The monoisotopic (exact) mass is 338 g/mol. The summed E-state index contributed by atoms with van der Waals surface area (Å²) in [5.41, 5.74) is -4.67. The lowest BCUT2D eigenvalue weighted by molar-refractivity contribution is -0.512. The number of hydrogen-bond acceptors (Lipinski definition) is 4. The molecule has 0 aliphatic carbocycles. The standard InChI is InChI=1S/C8H7F9O4/c9-6(10,11)3(18)1-4(19,7(12,13)14)21-5(20,2-3)8(15,16)17/h18-20H,1-2H2/t3?,4-,5+. The lowest BCUT2D eigenvalue weighted by Crippen LogP contribution is -2.71. The fraction of sp³-hybridized carbons (Fsp3) is 1.00. The third-order valence-corrected chi connectivity index (χ3v) is 2.82. The maximum Gasteiger partial charge on any atom is 0.443 e. The summed E-state index contributed by atoms with van der Waals surface area (Å²) in [7, 11) is 0. The van der Waals surface area contributed by atoms with Gasteiger partial charge in [0.1, 0.15) is 0 Å². The third-order valence-electron chi connectivity index (χ3n) is 2.82. The van der Waals surface area contributed by atoms with Gasteiger partial charge in [-0.25, -0.2) is 0 Å². The second-order valence-corrected chi connectivity index (χ2v) is 4.55. The minimum absolute atomic E-state index is 2.68. The highest BCUT2D eigenvalue weighted by Gasteiger charge is 2.77. The zero-order valence-corrected chi connectivity index (χ0v) is 9.57. The van der Waals surface area contributed by atoms with Crippen molar-refractivity contribution in [3.05, 3.63) is 0 Å². The van der Waals surface area contributed by atoms with Crippen molar-refractivity contribution in [3.63, 3.8) is 0 Å². The highest BCUT2D eigenvalue weighted by molar-refractivity contribution is 5.04. The maximum atomic E-state index is 12.5. The highest BCUT2D eigenvalue weighted by atomic mass is 19.4. The van der Waals surface area contributed by atoms with Crippen molar-refractivity contribution < 1.29 is 59.6 Å². The minimum Gasteiger partial charge on any atom is -0.380 e. The first-order valence-electron chi connectivity index (χ1n) is 4.94. The Hall–Kier alpha value is -0.790. The zero-order valence-electron chi connectivity index (χ0n) is 9.57. The van der Waals surface area contributed by atoms with Crippen molar-refractivity contribution >= 4 is 0 Å². The molecule has 1 aliphatic rings. The van der Waals surface area contributed by atoms with Crippen molar-refractivity contribution in [3.8, 4) is 0 Å². The Bertz CT molecular complexity index is 342. The fourth-order valence-electron chi connectivity index (χ4n) is 1.72. The molecule has 1 unspecified atom stereocenters. The molecule has 3 N–H and O–H groups in total. The van der Waals surface area contributed by atoms with Gasteiger partial charge in [0, 0.05) is 12.8 Å². The van der Waals surface area contributed by atoms with E-state index in [0.29, 0.717) is 0 Å². The minimum atomic E-state index is -6.13. The normalized spacial score (nSPS) is 39.4. The van der Waals surface area contributed by atoms with Gasteiger partial charge in [-0.3, -0.25) is 0 Å². The van der Waals surface area contributed by atoms with E-state index in [2.05, 4.69) is 4.74 Å². The molecule has 1 heterocycles. The first-order valence-corrected chi connectivity index (χ1v) is 4.94. The predicted octanol–water partition coefficient (Wildman–Crippen LogP) is 1.59. The molecule has 0 aromatic carbocycles. The van der Waals surface area contributed by atoms with Gasteiger partial charge in [0.2, 0.25) is 0 Å². The smallest absolute Gasteiger partial charge is 0.380 e. The van der Waals surface area contributed by atoms with Crippen LogP contribution in [0.5, 0.6) is 0 Å². The van der Waals surface area contributed by atoms with Crippen LogP contribution in [0.3, 0.4) is 0 Å². The average molecular weight is 338 g/mol. The summed E-state index contributed by atoms with van der Waals surface area (Å²) in [6, 6.07) is 0. The van der Waals surface area contributed by atoms with Gasteiger partial charge in [-0.15, -0.1) is 0 Å². The second-order valence-electron chi connectivity index (χ2n) is 4.55. The van der Waals surface area contributed by atoms with Crippen LogP contribution in [0.4, 0.5) is 39.5 Å². The molecular formula is C8H7F9O4. The van der Waals surface area contributed by atoms with E-state index in [4.69, 9.17) is 15.3 Å². The van der Waals surface area contributed by atoms with E-state index < -0.39 is 48.5 Å². The van der Waals surface area contributed by atoms with E-state index in [9.17, 15) is 39.5 Å². The van der Waals surface area contributed by atoms with Crippen LogP contribution < -0.4 is 0 Å². The van der Waals surface area contributed by atoms with Gasteiger partial charge >= 0.3 is 18.5 Å². The lowest BCUT2D eigenvalue weighted by atomic mass is 9.82.